The van der Waals surface area contributed by atoms with Gasteiger partial charge in [0.05, 0.1) is 5.54 Å². The highest BCUT2D eigenvalue weighted by Gasteiger charge is 2.45. The normalized spacial score (nSPS) is 17.3. The Kier molecular flexibility index (Phi) is 2.23. The van der Waals surface area contributed by atoms with Gasteiger partial charge in [0.15, 0.2) is 0 Å². The summed E-state index contributed by atoms with van der Waals surface area (Å²) in [5, 5.41) is 2.71. The van der Waals surface area contributed by atoms with E-state index in [4.69, 9.17) is 5.73 Å². The molecule has 4 heteroatoms. The second-order valence-electron chi connectivity index (χ2n) is 4.07. The van der Waals surface area contributed by atoms with Gasteiger partial charge < -0.3 is 11.1 Å². The Morgan fingerprint density at radius 3 is 2.73 bits per heavy atom. The minimum Gasteiger partial charge on any atom is -0.324 e. The first-order valence-electron chi connectivity index (χ1n) is 4.88. The zero-order valence-electron chi connectivity index (χ0n) is 8.51. The summed E-state index contributed by atoms with van der Waals surface area (Å²) in [6, 6.07) is 4.25. The lowest BCUT2D eigenvalue weighted by Gasteiger charge is -2.11. The third kappa shape index (κ3) is 1.99. The van der Waals surface area contributed by atoms with E-state index in [1.54, 1.807) is 13.0 Å². The Hall–Kier alpha value is -1.42. The first-order valence-corrected chi connectivity index (χ1v) is 4.88. The van der Waals surface area contributed by atoms with Gasteiger partial charge in [-0.3, -0.25) is 4.79 Å². The van der Waals surface area contributed by atoms with Gasteiger partial charge in [0.2, 0.25) is 5.91 Å². The van der Waals surface area contributed by atoms with Gasteiger partial charge in [-0.2, -0.15) is 0 Å². The van der Waals surface area contributed by atoms with Crippen LogP contribution in [0.2, 0.25) is 0 Å². The van der Waals surface area contributed by atoms with Gasteiger partial charge in [0.1, 0.15) is 5.82 Å². The Morgan fingerprint density at radius 2 is 2.20 bits per heavy atom. The largest absolute Gasteiger partial charge is 0.324 e. The predicted octanol–water partition coefficient (Wildman–Crippen LogP) is 1.56. The van der Waals surface area contributed by atoms with Crippen LogP contribution < -0.4 is 11.1 Å². The zero-order chi connectivity index (χ0) is 11.1. The van der Waals surface area contributed by atoms with Gasteiger partial charge in [-0.05, 0) is 43.5 Å². The molecule has 0 radical (unpaired) electrons. The number of anilines is 1. The Labute approximate surface area is 87.5 Å². The van der Waals surface area contributed by atoms with E-state index in [9.17, 15) is 9.18 Å². The van der Waals surface area contributed by atoms with E-state index in [0.29, 0.717) is 11.3 Å². The van der Waals surface area contributed by atoms with Crippen molar-refractivity contribution >= 4 is 11.6 Å². The fourth-order valence-electron chi connectivity index (χ4n) is 1.38. The summed E-state index contributed by atoms with van der Waals surface area (Å²) < 4.78 is 12.8. The topological polar surface area (TPSA) is 55.1 Å². The number of hydrogen-bond acceptors (Lipinski definition) is 2. The van der Waals surface area contributed by atoms with E-state index in [1.165, 1.54) is 12.1 Å². The average Bonchev–Trinajstić information content (AvgIpc) is 2.90. The van der Waals surface area contributed by atoms with Crippen LogP contribution in [-0.4, -0.2) is 11.4 Å². The quantitative estimate of drug-likeness (QED) is 0.775. The molecule has 1 aliphatic carbocycles. The number of hydrogen-bond donors (Lipinski definition) is 2. The third-order valence-corrected chi connectivity index (χ3v) is 2.68. The molecule has 0 saturated heterocycles. The molecular formula is C11H13FN2O. The number of nitrogens with one attached hydrogen (secondary N) is 1. The van der Waals surface area contributed by atoms with Crippen LogP contribution in [0.4, 0.5) is 10.1 Å². The molecule has 0 spiro atoms. The smallest absolute Gasteiger partial charge is 0.244 e. The highest BCUT2D eigenvalue weighted by Crippen LogP contribution is 2.33. The molecule has 0 aromatic heterocycles. The molecule has 1 amide bonds. The van der Waals surface area contributed by atoms with Crippen molar-refractivity contribution in [3.63, 3.8) is 0 Å². The molecule has 1 saturated carbocycles. The van der Waals surface area contributed by atoms with Crippen LogP contribution >= 0.6 is 0 Å². The van der Waals surface area contributed by atoms with Crippen molar-refractivity contribution in [2.75, 3.05) is 5.32 Å². The Morgan fingerprint density at radius 1 is 1.53 bits per heavy atom. The van der Waals surface area contributed by atoms with E-state index in [-0.39, 0.29) is 11.7 Å². The lowest BCUT2D eigenvalue weighted by molar-refractivity contribution is -0.118. The molecule has 15 heavy (non-hydrogen) atoms. The number of rotatable bonds is 2. The molecule has 80 valence electrons. The van der Waals surface area contributed by atoms with Gasteiger partial charge >= 0.3 is 0 Å². The minimum absolute atomic E-state index is 0.183. The third-order valence-electron chi connectivity index (χ3n) is 2.68. The van der Waals surface area contributed by atoms with Crippen molar-refractivity contribution in [3.8, 4) is 0 Å². The first kappa shape index (κ1) is 10.1. The first-order chi connectivity index (χ1) is 7.01. The number of amides is 1. The van der Waals surface area contributed by atoms with E-state index < -0.39 is 5.54 Å². The second-order valence-corrected chi connectivity index (χ2v) is 4.07. The molecule has 1 aromatic rings. The Bertz CT molecular complexity index is 413. The number of benzene rings is 1. The monoisotopic (exact) mass is 208 g/mol. The van der Waals surface area contributed by atoms with Crippen molar-refractivity contribution in [1.82, 2.24) is 0 Å². The molecule has 1 aliphatic rings. The highest BCUT2D eigenvalue weighted by molar-refractivity contribution is 6.00. The maximum atomic E-state index is 12.8. The second kappa shape index (κ2) is 3.31. The van der Waals surface area contributed by atoms with Crippen molar-refractivity contribution in [3.05, 3.63) is 29.6 Å². The van der Waals surface area contributed by atoms with Crippen molar-refractivity contribution in [2.45, 2.75) is 25.3 Å². The van der Waals surface area contributed by atoms with Crippen LogP contribution in [0.5, 0.6) is 0 Å². The van der Waals surface area contributed by atoms with Crippen molar-refractivity contribution in [1.29, 1.82) is 0 Å². The number of carbonyl (C=O) groups is 1. The summed E-state index contributed by atoms with van der Waals surface area (Å²) in [7, 11) is 0. The average molecular weight is 208 g/mol. The van der Waals surface area contributed by atoms with Gasteiger partial charge in [0.25, 0.3) is 0 Å². The summed E-state index contributed by atoms with van der Waals surface area (Å²) in [6.07, 6.45) is 1.44. The maximum absolute atomic E-state index is 12.8. The van der Waals surface area contributed by atoms with Crippen LogP contribution in [0.3, 0.4) is 0 Å². The highest BCUT2D eigenvalue weighted by atomic mass is 19.1. The van der Waals surface area contributed by atoms with Crippen molar-refractivity contribution < 1.29 is 9.18 Å². The lowest BCUT2D eigenvalue weighted by atomic mass is 10.2. The van der Waals surface area contributed by atoms with Crippen LogP contribution in [0, 0.1) is 12.7 Å². The molecule has 0 unspecified atom stereocenters. The van der Waals surface area contributed by atoms with E-state index in [0.717, 1.165) is 12.8 Å². The van der Waals surface area contributed by atoms with Gasteiger partial charge in [-0.1, -0.05) is 0 Å². The van der Waals surface area contributed by atoms with Gasteiger partial charge in [0, 0.05) is 5.69 Å². The minimum atomic E-state index is -0.694. The number of aryl methyl sites for hydroxylation is 1. The van der Waals surface area contributed by atoms with Crippen LogP contribution in [0.25, 0.3) is 0 Å². The summed E-state index contributed by atoms with van der Waals surface area (Å²) in [5.41, 5.74) is 6.36. The van der Waals surface area contributed by atoms with Gasteiger partial charge in [-0.15, -0.1) is 0 Å². The molecule has 0 bridgehead atoms. The Balaban J connectivity index is 2.14. The molecule has 0 heterocycles. The molecule has 1 aromatic carbocycles. The molecule has 0 atom stereocenters. The molecule has 0 aliphatic heterocycles. The van der Waals surface area contributed by atoms with E-state index in [2.05, 4.69) is 5.32 Å². The summed E-state index contributed by atoms with van der Waals surface area (Å²) in [4.78, 5) is 11.6. The number of nitrogens with two attached hydrogens (primary N) is 1. The standard InChI is InChI=1S/C11H13FN2O/c1-7-6-8(12)2-3-9(7)14-10(15)11(13)4-5-11/h2-3,6H,4-5,13H2,1H3,(H,14,15). The summed E-state index contributed by atoms with van der Waals surface area (Å²) in [6.45, 7) is 1.74. The molecule has 2 rings (SSSR count). The lowest BCUT2D eigenvalue weighted by Crippen LogP contribution is -2.37. The molecule has 1 fully saturated rings. The fourth-order valence-corrected chi connectivity index (χ4v) is 1.38. The SMILES string of the molecule is Cc1cc(F)ccc1NC(=O)C1(N)CC1. The zero-order valence-corrected chi connectivity index (χ0v) is 8.51. The summed E-state index contributed by atoms with van der Waals surface area (Å²) in [5.74, 6) is -0.489. The fraction of sp³-hybridized carbons (Fsp3) is 0.364. The van der Waals surface area contributed by atoms with Crippen LogP contribution in [-0.2, 0) is 4.79 Å². The van der Waals surface area contributed by atoms with Gasteiger partial charge in [-0.25, -0.2) is 4.39 Å². The van der Waals surface area contributed by atoms with E-state index in [1.807, 2.05) is 0 Å². The van der Waals surface area contributed by atoms with E-state index >= 15 is 0 Å². The number of carbonyl (C=O) groups excluding carboxylic acids is 1. The number of halogens is 1. The maximum Gasteiger partial charge on any atom is 0.244 e. The predicted molar refractivity (Wildman–Crippen MR) is 55.9 cm³/mol. The van der Waals surface area contributed by atoms with Crippen LogP contribution in [0.1, 0.15) is 18.4 Å². The molecule has 3 N–H and O–H groups in total. The summed E-state index contributed by atoms with van der Waals surface area (Å²) >= 11 is 0. The van der Waals surface area contributed by atoms with Crippen molar-refractivity contribution in [2.24, 2.45) is 5.73 Å². The van der Waals surface area contributed by atoms with Crippen LogP contribution in [0.15, 0.2) is 18.2 Å². The molecular weight excluding hydrogens is 195 g/mol. The molecule has 3 nitrogen and oxygen atoms in total.